The van der Waals surface area contributed by atoms with Crippen molar-refractivity contribution >= 4 is 57.5 Å². The van der Waals surface area contributed by atoms with Gasteiger partial charge in [0.05, 0.1) is 0 Å². The number of aromatic nitrogens is 2. The lowest BCUT2D eigenvalue weighted by molar-refractivity contribution is 0.591. The number of hydrogen-bond donors (Lipinski definition) is 0. The molecule has 0 saturated carbocycles. The summed E-state index contributed by atoms with van der Waals surface area (Å²) in [5.41, 5.74) is 6.33. The molecule has 8 nitrogen and oxygen atoms in total. The number of fused-ring (bicyclic) bond motifs is 6. The Balaban J connectivity index is 1.28. The maximum absolute atomic E-state index is 15.4. The van der Waals surface area contributed by atoms with Crippen molar-refractivity contribution in [3.8, 4) is 46.5 Å². The molecule has 0 amide bonds. The van der Waals surface area contributed by atoms with Crippen LogP contribution in [-0.4, -0.2) is 9.97 Å². The van der Waals surface area contributed by atoms with Gasteiger partial charge in [0, 0.05) is 44.8 Å². The van der Waals surface area contributed by atoms with E-state index in [-0.39, 0.29) is 11.1 Å². The van der Waals surface area contributed by atoms with E-state index >= 15 is 9.13 Å². The molecular weight excluding hydrogens is 755 g/mol. The summed E-state index contributed by atoms with van der Waals surface area (Å²) in [5, 5.41) is 43.5. The normalized spacial score (nSPS) is 13.8. The fourth-order valence-corrected chi connectivity index (χ4v) is 13.2. The molecule has 0 spiro atoms. The van der Waals surface area contributed by atoms with E-state index in [1.165, 1.54) is 0 Å². The van der Waals surface area contributed by atoms with Crippen LogP contribution in [0, 0.1) is 45.3 Å². The maximum Gasteiger partial charge on any atom is 0.188 e. The van der Waals surface area contributed by atoms with Crippen LogP contribution in [0.1, 0.15) is 22.3 Å². The zero-order valence-electron chi connectivity index (χ0n) is 30.4. The molecule has 0 aliphatic heterocycles. The molecule has 0 N–H and O–H groups in total. The van der Waals surface area contributed by atoms with Gasteiger partial charge in [-0.2, -0.15) is 21.0 Å². The van der Waals surface area contributed by atoms with E-state index in [2.05, 4.69) is 34.2 Å². The highest BCUT2D eigenvalue weighted by molar-refractivity contribution is 7.85. The second-order valence-corrected chi connectivity index (χ2v) is 19.0. The zero-order valence-corrected chi connectivity index (χ0v) is 32.2. The Morgan fingerprint density at radius 2 is 0.741 bits per heavy atom. The first-order valence-electron chi connectivity index (χ1n) is 18.1. The van der Waals surface area contributed by atoms with Gasteiger partial charge in [0.1, 0.15) is 46.3 Å². The smallest absolute Gasteiger partial charge is 0.188 e. The number of allylic oxidation sites excluding steroid dienone is 2. The molecule has 0 bridgehead atoms. The third-order valence-corrected chi connectivity index (χ3v) is 16.6. The average molecular weight is 781 g/mol. The van der Waals surface area contributed by atoms with Crippen molar-refractivity contribution in [2.45, 2.75) is 0 Å². The molecule has 10 heteroatoms. The van der Waals surface area contributed by atoms with E-state index < -0.39 is 14.3 Å². The van der Waals surface area contributed by atoms with Crippen LogP contribution in [0.25, 0.3) is 33.4 Å². The second kappa shape index (κ2) is 14.1. The van der Waals surface area contributed by atoms with Crippen LogP contribution in [0.3, 0.4) is 0 Å². The maximum atomic E-state index is 15.4. The third-order valence-electron chi connectivity index (χ3n) is 10.7. The van der Waals surface area contributed by atoms with Gasteiger partial charge in [-0.05, 0) is 93.0 Å². The molecule has 58 heavy (non-hydrogen) atoms. The highest BCUT2D eigenvalue weighted by Gasteiger charge is 2.38. The summed E-state index contributed by atoms with van der Waals surface area (Å²) in [6.07, 6.45) is 3.21. The minimum absolute atomic E-state index is 0.146. The Hall–Kier alpha value is -7.70. The molecule has 2 heterocycles. The molecule has 5 aromatic carbocycles. The summed E-state index contributed by atoms with van der Waals surface area (Å²) in [7, 11) is -7.07. The highest BCUT2D eigenvalue weighted by atomic mass is 31.2. The first-order valence-corrected chi connectivity index (χ1v) is 21.5. The van der Waals surface area contributed by atoms with Crippen molar-refractivity contribution in [2.24, 2.45) is 0 Å². The molecule has 2 unspecified atom stereocenters. The molecule has 9 rings (SSSR count). The summed E-state index contributed by atoms with van der Waals surface area (Å²) in [6.45, 7) is 0. The first kappa shape index (κ1) is 36.0. The topological polar surface area (TPSA) is 155 Å². The molecule has 7 aromatic rings. The van der Waals surface area contributed by atoms with Crippen LogP contribution < -0.4 is 32.1 Å². The van der Waals surface area contributed by atoms with Crippen LogP contribution >= 0.6 is 14.3 Å². The predicted molar refractivity (Wildman–Crippen MR) is 226 cm³/mol. The van der Waals surface area contributed by atoms with Crippen LogP contribution in [-0.2, 0) is 9.13 Å². The van der Waals surface area contributed by atoms with E-state index in [1.807, 2.05) is 97.1 Å². The molecule has 270 valence electrons. The van der Waals surface area contributed by atoms with Crippen molar-refractivity contribution in [1.82, 2.24) is 9.97 Å². The van der Waals surface area contributed by atoms with E-state index in [9.17, 15) is 21.0 Å². The van der Waals surface area contributed by atoms with Crippen molar-refractivity contribution in [1.29, 1.82) is 21.0 Å². The molecular formula is C48H26N6O2P2. The standard InChI is InChI=1S/C48H26N6O2P2/c49-27-31(28-50)47-41-23-35(57(55,33-11-3-1-4-12-33)45-15-7-9-21-53-45)17-19-37(41)39-25-40-38-20-18-36(24-42(38)48(32(29-51)30-52)44(40)26-43(39)47)58(56,34-13-5-2-6-14-34)46-16-8-10-22-54-46/h1-26H. The Morgan fingerprint density at radius 3 is 1.10 bits per heavy atom. The van der Waals surface area contributed by atoms with Gasteiger partial charge >= 0.3 is 0 Å². The van der Waals surface area contributed by atoms with Gasteiger partial charge in [-0.3, -0.25) is 9.97 Å². The van der Waals surface area contributed by atoms with Crippen LogP contribution in [0.4, 0.5) is 0 Å². The fourth-order valence-electron chi connectivity index (χ4n) is 8.08. The minimum Gasteiger partial charge on any atom is -0.307 e. The number of rotatable bonds is 6. The van der Waals surface area contributed by atoms with Crippen molar-refractivity contribution in [2.75, 3.05) is 0 Å². The Labute approximate surface area is 334 Å². The van der Waals surface area contributed by atoms with Crippen LogP contribution in [0.2, 0.25) is 0 Å². The summed E-state index contributed by atoms with van der Waals surface area (Å²) >= 11 is 0. The van der Waals surface area contributed by atoms with Crippen molar-refractivity contribution < 1.29 is 9.13 Å². The van der Waals surface area contributed by atoms with E-state index in [1.54, 1.807) is 60.9 Å². The highest BCUT2D eigenvalue weighted by Crippen LogP contribution is 2.55. The Bertz CT molecular complexity index is 2880. The number of benzene rings is 5. The lowest BCUT2D eigenvalue weighted by Gasteiger charge is -2.20. The van der Waals surface area contributed by atoms with Crippen LogP contribution in [0.5, 0.6) is 0 Å². The molecule has 0 saturated heterocycles. The minimum atomic E-state index is -3.54. The molecule has 2 atom stereocenters. The molecule has 0 fully saturated rings. The summed E-state index contributed by atoms with van der Waals surface area (Å²) < 4.78 is 30.7. The summed E-state index contributed by atoms with van der Waals surface area (Å²) in [4.78, 5) is 9.05. The van der Waals surface area contributed by atoms with Crippen LogP contribution in [0.15, 0.2) is 169 Å². The van der Waals surface area contributed by atoms with E-state index in [0.29, 0.717) is 65.5 Å². The molecule has 2 aliphatic rings. The summed E-state index contributed by atoms with van der Waals surface area (Å²) in [6, 6.07) is 51.8. The van der Waals surface area contributed by atoms with Gasteiger partial charge < -0.3 is 9.13 Å². The van der Waals surface area contributed by atoms with Gasteiger partial charge in [0.15, 0.2) is 14.3 Å². The van der Waals surface area contributed by atoms with Gasteiger partial charge in [-0.25, -0.2) is 0 Å². The predicted octanol–water partition coefficient (Wildman–Crippen LogP) is 7.41. The number of pyridine rings is 2. The Morgan fingerprint density at radius 1 is 0.379 bits per heavy atom. The second-order valence-electron chi connectivity index (χ2n) is 13.6. The fraction of sp³-hybridized carbons (Fsp3) is 0. The number of hydrogen-bond acceptors (Lipinski definition) is 8. The van der Waals surface area contributed by atoms with E-state index in [4.69, 9.17) is 0 Å². The van der Waals surface area contributed by atoms with Crippen molar-refractivity contribution in [3.05, 3.63) is 191 Å². The molecule has 2 aromatic heterocycles. The molecule has 0 radical (unpaired) electrons. The van der Waals surface area contributed by atoms with Crippen molar-refractivity contribution in [3.63, 3.8) is 0 Å². The summed E-state index contributed by atoms with van der Waals surface area (Å²) in [5.74, 6) is 0. The van der Waals surface area contributed by atoms with Gasteiger partial charge in [-0.1, -0.05) is 97.1 Å². The Kier molecular flexibility index (Phi) is 8.75. The lowest BCUT2D eigenvalue weighted by Crippen LogP contribution is -2.27. The SMILES string of the molecule is N#CC(C#N)=C1c2cc(P(=O)(c3ccccc3)c3ccccn3)ccc2-c2cc3c(cc21)C(=C(C#N)C#N)c1cc(P(=O)(c2ccccc2)c2ccccn2)ccc1-3. The van der Waals surface area contributed by atoms with Gasteiger partial charge in [-0.15, -0.1) is 0 Å². The number of nitriles is 4. The number of nitrogens with zero attached hydrogens (tertiary/aromatic N) is 6. The molecule has 2 aliphatic carbocycles. The van der Waals surface area contributed by atoms with Gasteiger partial charge in [0.2, 0.25) is 0 Å². The largest absolute Gasteiger partial charge is 0.307 e. The van der Waals surface area contributed by atoms with E-state index in [0.717, 1.165) is 22.3 Å². The zero-order chi connectivity index (χ0) is 40.0. The monoisotopic (exact) mass is 780 g/mol. The quantitative estimate of drug-likeness (QED) is 0.125. The van der Waals surface area contributed by atoms with Gasteiger partial charge in [0.25, 0.3) is 0 Å². The lowest BCUT2D eigenvalue weighted by atomic mass is 9.93. The average Bonchev–Trinajstić information content (AvgIpc) is 3.78. The third kappa shape index (κ3) is 5.34. The first-order chi connectivity index (χ1) is 28.4.